The van der Waals surface area contributed by atoms with Gasteiger partial charge >= 0.3 is 0 Å². The Morgan fingerprint density at radius 1 is 1.39 bits per heavy atom. The normalized spacial score (nSPS) is 17.1. The summed E-state index contributed by atoms with van der Waals surface area (Å²) in [7, 11) is 4.06. The van der Waals surface area contributed by atoms with Crippen LogP contribution in [0.25, 0.3) is 0 Å². The lowest BCUT2D eigenvalue weighted by Crippen LogP contribution is -2.24. The molecular formula is C15H23ClN2. The van der Waals surface area contributed by atoms with Crippen LogP contribution in [0.2, 0.25) is 5.02 Å². The van der Waals surface area contributed by atoms with E-state index in [9.17, 15) is 0 Å². The van der Waals surface area contributed by atoms with E-state index in [-0.39, 0.29) is 0 Å². The molecule has 0 heterocycles. The number of nitrogens with one attached hydrogen (secondary N) is 1. The number of anilines is 2. The molecule has 0 radical (unpaired) electrons. The number of halogens is 1. The average Bonchev–Trinajstić information content (AvgIpc) is 2.23. The van der Waals surface area contributed by atoms with E-state index >= 15 is 0 Å². The number of para-hydroxylation sites is 1. The van der Waals surface area contributed by atoms with E-state index in [1.165, 1.54) is 25.7 Å². The molecule has 1 atom stereocenters. The summed E-state index contributed by atoms with van der Waals surface area (Å²) < 4.78 is 0. The van der Waals surface area contributed by atoms with E-state index in [0.29, 0.717) is 6.04 Å². The van der Waals surface area contributed by atoms with Crippen LogP contribution in [0, 0.1) is 5.92 Å². The molecule has 0 bridgehead atoms. The Morgan fingerprint density at radius 2 is 2.11 bits per heavy atom. The minimum Gasteiger partial charge on any atom is -0.381 e. The molecule has 18 heavy (non-hydrogen) atoms. The highest BCUT2D eigenvalue weighted by atomic mass is 35.5. The molecule has 1 saturated carbocycles. The second kappa shape index (κ2) is 5.83. The van der Waals surface area contributed by atoms with Crippen LogP contribution in [0.4, 0.5) is 11.4 Å². The number of rotatable bonds is 5. The second-order valence-corrected chi connectivity index (χ2v) is 6.02. The SMILES string of the molecule is CC(CC1CCC1)Nc1cccc(Cl)c1N(C)C. The van der Waals surface area contributed by atoms with Gasteiger partial charge in [0, 0.05) is 20.1 Å². The molecule has 0 aromatic heterocycles. The topological polar surface area (TPSA) is 15.3 Å². The van der Waals surface area contributed by atoms with Crippen molar-refractivity contribution in [2.75, 3.05) is 24.3 Å². The standard InChI is InChI=1S/C15H23ClN2/c1-11(10-12-6-4-7-12)17-14-9-5-8-13(16)15(14)18(2)3/h5,8-9,11-12,17H,4,6-7,10H2,1-3H3. The lowest BCUT2D eigenvalue weighted by molar-refractivity contribution is 0.286. The van der Waals surface area contributed by atoms with Crippen LogP contribution < -0.4 is 10.2 Å². The molecule has 2 nitrogen and oxygen atoms in total. The van der Waals surface area contributed by atoms with Crippen LogP contribution in [-0.2, 0) is 0 Å². The molecule has 0 amide bonds. The van der Waals surface area contributed by atoms with Gasteiger partial charge in [0.1, 0.15) is 0 Å². The van der Waals surface area contributed by atoms with Crippen LogP contribution in [0.5, 0.6) is 0 Å². The first-order valence-electron chi connectivity index (χ1n) is 6.80. The van der Waals surface area contributed by atoms with Crippen molar-refractivity contribution in [3.8, 4) is 0 Å². The fraction of sp³-hybridized carbons (Fsp3) is 0.600. The summed E-state index contributed by atoms with van der Waals surface area (Å²) in [5, 5.41) is 4.41. The van der Waals surface area contributed by atoms with Crippen molar-refractivity contribution in [3.63, 3.8) is 0 Å². The first-order chi connectivity index (χ1) is 8.58. The molecular weight excluding hydrogens is 244 g/mol. The van der Waals surface area contributed by atoms with E-state index < -0.39 is 0 Å². The molecule has 1 N–H and O–H groups in total. The Labute approximate surface area is 115 Å². The number of nitrogens with zero attached hydrogens (tertiary/aromatic N) is 1. The highest BCUT2D eigenvalue weighted by molar-refractivity contribution is 6.34. The zero-order valence-corrected chi connectivity index (χ0v) is 12.3. The summed E-state index contributed by atoms with van der Waals surface area (Å²) in [6, 6.07) is 6.57. The van der Waals surface area contributed by atoms with Gasteiger partial charge in [0.05, 0.1) is 16.4 Å². The molecule has 1 fully saturated rings. The molecule has 1 aliphatic carbocycles. The third kappa shape index (κ3) is 3.11. The molecule has 3 heteroatoms. The van der Waals surface area contributed by atoms with E-state index in [1.807, 2.05) is 26.2 Å². The van der Waals surface area contributed by atoms with Crippen molar-refractivity contribution < 1.29 is 0 Å². The summed E-state index contributed by atoms with van der Waals surface area (Å²) in [5.74, 6) is 0.925. The predicted octanol–water partition coefficient (Wildman–Crippen LogP) is 4.40. The van der Waals surface area contributed by atoms with Gasteiger partial charge in [-0.05, 0) is 31.4 Å². The van der Waals surface area contributed by atoms with Gasteiger partial charge in [-0.3, -0.25) is 0 Å². The van der Waals surface area contributed by atoms with Crippen molar-refractivity contribution >= 4 is 23.0 Å². The number of hydrogen-bond donors (Lipinski definition) is 1. The number of hydrogen-bond acceptors (Lipinski definition) is 2. The van der Waals surface area contributed by atoms with Crippen LogP contribution in [-0.4, -0.2) is 20.1 Å². The van der Waals surface area contributed by atoms with Gasteiger partial charge in [-0.25, -0.2) is 0 Å². The zero-order chi connectivity index (χ0) is 13.1. The van der Waals surface area contributed by atoms with E-state index in [0.717, 1.165) is 22.3 Å². The fourth-order valence-corrected chi connectivity index (χ4v) is 2.98. The molecule has 1 aromatic rings. The van der Waals surface area contributed by atoms with E-state index in [1.54, 1.807) is 0 Å². The van der Waals surface area contributed by atoms with Gasteiger partial charge in [-0.1, -0.05) is 36.9 Å². The van der Waals surface area contributed by atoms with Gasteiger partial charge in [-0.2, -0.15) is 0 Å². The third-order valence-corrected chi connectivity index (χ3v) is 4.05. The molecule has 0 spiro atoms. The first-order valence-corrected chi connectivity index (χ1v) is 7.18. The summed E-state index contributed by atoms with van der Waals surface area (Å²) in [4.78, 5) is 2.07. The van der Waals surface area contributed by atoms with Gasteiger partial charge < -0.3 is 10.2 Å². The lowest BCUT2D eigenvalue weighted by Gasteiger charge is -2.30. The van der Waals surface area contributed by atoms with Gasteiger partial charge in [0.15, 0.2) is 0 Å². The molecule has 1 aliphatic rings. The summed E-state index contributed by atoms with van der Waals surface area (Å²) in [5.41, 5.74) is 2.22. The van der Waals surface area contributed by atoms with Crippen molar-refractivity contribution in [2.45, 2.75) is 38.6 Å². The van der Waals surface area contributed by atoms with Crippen LogP contribution in [0.1, 0.15) is 32.6 Å². The average molecular weight is 267 g/mol. The smallest absolute Gasteiger partial charge is 0.0786 e. The molecule has 100 valence electrons. The third-order valence-electron chi connectivity index (χ3n) is 3.75. The Hall–Kier alpha value is -0.890. The summed E-state index contributed by atoms with van der Waals surface area (Å²) >= 11 is 6.27. The van der Waals surface area contributed by atoms with Crippen molar-refractivity contribution in [1.29, 1.82) is 0 Å². The van der Waals surface area contributed by atoms with Crippen molar-refractivity contribution in [1.82, 2.24) is 0 Å². The van der Waals surface area contributed by atoms with Crippen LogP contribution in [0.3, 0.4) is 0 Å². The van der Waals surface area contributed by atoms with Gasteiger partial charge in [0.25, 0.3) is 0 Å². The maximum absolute atomic E-state index is 6.27. The Kier molecular flexibility index (Phi) is 4.39. The predicted molar refractivity (Wildman–Crippen MR) is 80.8 cm³/mol. The fourth-order valence-electron chi connectivity index (χ4n) is 2.64. The maximum atomic E-state index is 6.27. The van der Waals surface area contributed by atoms with Crippen LogP contribution >= 0.6 is 11.6 Å². The second-order valence-electron chi connectivity index (χ2n) is 5.61. The Bertz CT molecular complexity index is 399. The maximum Gasteiger partial charge on any atom is 0.0786 e. The van der Waals surface area contributed by atoms with Gasteiger partial charge in [0.2, 0.25) is 0 Å². The quantitative estimate of drug-likeness (QED) is 0.850. The van der Waals surface area contributed by atoms with E-state index in [4.69, 9.17) is 11.6 Å². The van der Waals surface area contributed by atoms with Crippen molar-refractivity contribution in [2.24, 2.45) is 5.92 Å². The monoisotopic (exact) mass is 266 g/mol. The minimum atomic E-state index is 0.507. The van der Waals surface area contributed by atoms with Crippen molar-refractivity contribution in [3.05, 3.63) is 23.2 Å². The molecule has 1 unspecified atom stereocenters. The zero-order valence-electron chi connectivity index (χ0n) is 11.5. The highest BCUT2D eigenvalue weighted by Crippen LogP contribution is 2.35. The van der Waals surface area contributed by atoms with E-state index in [2.05, 4.69) is 23.2 Å². The minimum absolute atomic E-state index is 0.507. The number of benzene rings is 1. The molecule has 2 rings (SSSR count). The highest BCUT2D eigenvalue weighted by Gasteiger charge is 2.20. The molecule has 0 saturated heterocycles. The van der Waals surface area contributed by atoms with Gasteiger partial charge in [-0.15, -0.1) is 0 Å². The first kappa shape index (κ1) is 13.5. The Morgan fingerprint density at radius 3 is 2.67 bits per heavy atom. The summed E-state index contributed by atoms with van der Waals surface area (Å²) in [6.07, 6.45) is 5.49. The largest absolute Gasteiger partial charge is 0.381 e. The lowest BCUT2D eigenvalue weighted by atomic mass is 9.81. The molecule has 1 aromatic carbocycles. The van der Waals surface area contributed by atoms with Crippen LogP contribution in [0.15, 0.2) is 18.2 Å². The molecule has 0 aliphatic heterocycles. The Balaban J connectivity index is 2.05. The summed E-state index contributed by atoms with van der Waals surface area (Å²) in [6.45, 7) is 2.26.